The first-order chi connectivity index (χ1) is 9.52. The maximum Gasteiger partial charge on any atom is 0.329 e. The number of carbonyl (C=O) groups excluding carboxylic acids is 1. The molecule has 0 aliphatic carbocycles. The highest BCUT2D eigenvalue weighted by molar-refractivity contribution is 5.86. The van der Waals surface area contributed by atoms with E-state index in [4.69, 9.17) is 9.15 Å². The first kappa shape index (κ1) is 14.3. The van der Waals surface area contributed by atoms with E-state index in [2.05, 4.69) is 15.6 Å². The number of urea groups is 1. The van der Waals surface area contributed by atoms with Crippen LogP contribution < -0.4 is 10.6 Å². The van der Waals surface area contributed by atoms with Crippen LogP contribution in [-0.4, -0.2) is 40.8 Å². The molecule has 2 amide bonds. The van der Waals surface area contributed by atoms with E-state index in [1.807, 2.05) is 0 Å². The number of carboxylic acid groups (broad SMARTS) is 1. The van der Waals surface area contributed by atoms with Crippen molar-refractivity contribution in [1.82, 2.24) is 15.6 Å². The lowest BCUT2D eigenvalue weighted by molar-refractivity contribution is -0.148. The number of aliphatic carboxylic acids is 1. The molecule has 1 saturated heterocycles. The van der Waals surface area contributed by atoms with Crippen molar-refractivity contribution in [2.75, 3.05) is 13.2 Å². The molecule has 0 aromatic carbocycles. The lowest BCUT2D eigenvalue weighted by atomic mass is 9.90. The fourth-order valence-corrected chi connectivity index (χ4v) is 2.01. The van der Waals surface area contributed by atoms with E-state index in [1.54, 1.807) is 13.1 Å². The van der Waals surface area contributed by atoms with Crippen LogP contribution in [0, 0.1) is 6.92 Å². The van der Waals surface area contributed by atoms with Gasteiger partial charge in [-0.05, 0) is 6.92 Å². The average Bonchev–Trinajstić information content (AvgIpc) is 2.83. The molecular weight excluding hydrogens is 266 g/mol. The van der Waals surface area contributed by atoms with E-state index in [9.17, 15) is 14.7 Å². The number of amides is 2. The maximum atomic E-state index is 11.8. The summed E-state index contributed by atoms with van der Waals surface area (Å²) in [7, 11) is 0. The van der Waals surface area contributed by atoms with Crippen LogP contribution in [0.3, 0.4) is 0 Å². The molecule has 110 valence electrons. The minimum Gasteiger partial charge on any atom is -0.480 e. The van der Waals surface area contributed by atoms with Crippen molar-refractivity contribution in [2.45, 2.75) is 31.8 Å². The van der Waals surface area contributed by atoms with Gasteiger partial charge < -0.3 is 24.9 Å². The third kappa shape index (κ3) is 3.27. The molecule has 0 radical (unpaired) electrons. The second-order valence-corrected chi connectivity index (χ2v) is 4.67. The van der Waals surface area contributed by atoms with Crippen molar-refractivity contribution in [1.29, 1.82) is 0 Å². The van der Waals surface area contributed by atoms with E-state index in [-0.39, 0.29) is 19.4 Å². The van der Waals surface area contributed by atoms with Gasteiger partial charge in [-0.3, -0.25) is 0 Å². The zero-order valence-corrected chi connectivity index (χ0v) is 11.1. The molecule has 3 N–H and O–H groups in total. The number of nitrogens with zero attached hydrogens (tertiary/aromatic N) is 1. The summed E-state index contributed by atoms with van der Waals surface area (Å²) >= 11 is 0. The second kappa shape index (κ2) is 5.91. The highest BCUT2D eigenvalue weighted by Crippen LogP contribution is 2.20. The van der Waals surface area contributed by atoms with Gasteiger partial charge in [0, 0.05) is 26.1 Å². The molecule has 8 heteroatoms. The molecule has 0 spiro atoms. The fraction of sp³-hybridized carbons (Fsp3) is 0.583. The van der Waals surface area contributed by atoms with Crippen LogP contribution in [0.4, 0.5) is 4.79 Å². The number of hydrogen-bond acceptors (Lipinski definition) is 5. The molecule has 0 unspecified atom stereocenters. The minimum atomic E-state index is -1.27. The first-order valence-corrected chi connectivity index (χ1v) is 6.30. The number of ether oxygens (including phenoxy) is 1. The van der Waals surface area contributed by atoms with Crippen molar-refractivity contribution >= 4 is 12.0 Å². The van der Waals surface area contributed by atoms with Gasteiger partial charge in [0.15, 0.2) is 0 Å². The van der Waals surface area contributed by atoms with Gasteiger partial charge in [0.1, 0.15) is 11.3 Å². The Labute approximate surface area is 115 Å². The Balaban J connectivity index is 1.90. The predicted molar refractivity (Wildman–Crippen MR) is 67.0 cm³/mol. The number of aryl methyl sites for hydroxylation is 1. The third-order valence-corrected chi connectivity index (χ3v) is 3.18. The maximum absolute atomic E-state index is 11.8. The van der Waals surface area contributed by atoms with Crippen LogP contribution in [0.1, 0.15) is 24.5 Å². The summed E-state index contributed by atoms with van der Waals surface area (Å²) in [5.41, 5.74) is -1.27. The van der Waals surface area contributed by atoms with Crippen LogP contribution >= 0.6 is 0 Å². The Bertz CT molecular complexity index is 493. The predicted octanol–water partition coefficient (Wildman–Crippen LogP) is 0.416. The number of hydrogen-bond donors (Lipinski definition) is 3. The van der Waals surface area contributed by atoms with Crippen LogP contribution in [0.2, 0.25) is 0 Å². The van der Waals surface area contributed by atoms with E-state index >= 15 is 0 Å². The number of carboxylic acids is 1. The van der Waals surface area contributed by atoms with E-state index in [0.29, 0.717) is 24.9 Å². The molecular formula is C12H17N3O5. The monoisotopic (exact) mass is 283 g/mol. The van der Waals surface area contributed by atoms with Gasteiger partial charge in [-0.2, -0.15) is 0 Å². The number of oxazole rings is 1. The lowest BCUT2D eigenvalue weighted by Crippen LogP contribution is -2.59. The Morgan fingerprint density at radius 3 is 2.70 bits per heavy atom. The SMILES string of the molecule is Cc1cnc(CNC(=O)NC2(C(=O)O)CCOCC2)o1. The highest BCUT2D eigenvalue weighted by atomic mass is 16.5. The van der Waals surface area contributed by atoms with Crippen molar-refractivity contribution in [3.05, 3.63) is 17.8 Å². The van der Waals surface area contributed by atoms with Gasteiger partial charge in [0.2, 0.25) is 5.89 Å². The summed E-state index contributed by atoms with van der Waals surface area (Å²) in [6.07, 6.45) is 2.04. The van der Waals surface area contributed by atoms with E-state index in [0.717, 1.165) is 0 Å². The van der Waals surface area contributed by atoms with Crippen molar-refractivity contribution in [3.63, 3.8) is 0 Å². The molecule has 8 nitrogen and oxygen atoms in total. The normalized spacial score (nSPS) is 17.4. The van der Waals surface area contributed by atoms with Crippen LogP contribution in [0.15, 0.2) is 10.6 Å². The van der Waals surface area contributed by atoms with Crippen LogP contribution in [0.5, 0.6) is 0 Å². The average molecular weight is 283 g/mol. The second-order valence-electron chi connectivity index (χ2n) is 4.67. The summed E-state index contributed by atoms with van der Waals surface area (Å²) < 4.78 is 10.3. The summed E-state index contributed by atoms with van der Waals surface area (Å²) in [6, 6.07) is -0.565. The zero-order valence-electron chi connectivity index (χ0n) is 11.1. The number of nitrogens with one attached hydrogen (secondary N) is 2. The Morgan fingerprint density at radius 1 is 1.45 bits per heavy atom. The Morgan fingerprint density at radius 2 is 2.15 bits per heavy atom. The number of rotatable bonds is 4. The molecule has 1 aromatic rings. The molecule has 0 bridgehead atoms. The lowest BCUT2D eigenvalue weighted by Gasteiger charge is -2.33. The Hall–Kier alpha value is -2.09. The fourth-order valence-electron chi connectivity index (χ4n) is 2.01. The van der Waals surface area contributed by atoms with Gasteiger partial charge in [-0.25, -0.2) is 14.6 Å². The van der Waals surface area contributed by atoms with Gasteiger partial charge in [-0.1, -0.05) is 0 Å². The highest BCUT2D eigenvalue weighted by Gasteiger charge is 2.41. The summed E-state index contributed by atoms with van der Waals surface area (Å²) in [4.78, 5) is 27.1. The summed E-state index contributed by atoms with van der Waals surface area (Å²) in [5.74, 6) is -0.0365. The molecule has 1 fully saturated rings. The molecule has 2 rings (SSSR count). The molecule has 2 heterocycles. The molecule has 20 heavy (non-hydrogen) atoms. The molecule has 1 aromatic heterocycles. The van der Waals surface area contributed by atoms with Crippen molar-refractivity contribution in [2.24, 2.45) is 0 Å². The molecule has 0 saturated carbocycles. The quantitative estimate of drug-likeness (QED) is 0.737. The minimum absolute atomic E-state index is 0.103. The largest absolute Gasteiger partial charge is 0.480 e. The number of aromatic nitrogens is 1. The van der Waals surface area contributed by atoms with E-state index < -0.39 is 17.5 Å². The third-order valence-electron chi connectivity index (χ3n) is 3.18. The van der Waals surface area contributed by atoms with Gasteiger partial charge in [-0.15, -0.1) is 0 Å². The van der Waals surface area contributed by atoms with Crippen molar-refractivity contribution < 1.29 is 23.8 Å². The summed E-state index contributed by atoms with van der Waals surface area (Å²) in [5, 5.41) is 14.3. The smallest absolute Gasteiger partial charge is 0.329 e. The van der Waals surface area contributed by atoms with Gasteiger partial charge in [0.25, 0.3) is 0 Å². The van der Waals surface area contributed by atoms with Crippen LogP contribution in [0.25, 0.3) is 0 Å². The first-order valence-electron chi connectivity index (χ1n) is 6.30. The van der Waals surface area contributed by atoms with E-state index in [1.165, 1.54) is 0 Å². The standard InChI is InChI=1S/C12H17N3O5/c1-8-6-13-9(20-8)7-14-11(18)15-12(10(16)17)2-4-19-5-3-12/h6H,2-5,7H2,1H3,(H,16,17)(H2,14,15,18). The molecule has 1 aliphatic rings. The molecule has 0 atom stereocenters. The molecule has 1 aliphatic heterocycles. The van der Waals surface area contributed by atoms with Gasteiger partial charge >= 0.3 is 12.0 Å². The number of carbonyl (C=O) groups is 2. The van der Waals surface area contributed by atoms with Gasteiger partial charge in [0.05, 0.1) is 12.7 Å². The Kier molecular flexibility index (Phi) is 4.23. The topological polar surface area (TPSA) is 114 Å². The van der Waals surface area contributed by atoms with Crippen LogP contribution in [-0.2, 0) is 16.1 Å². The summed E-state index contributed by atoms with van der Waals surface area (Å²) in [6.45, 7) is 2.47. The zero-order chi connectivity index (χ0) is 14.6. The van der Waals surface area contributed by atoms with Crippen molar-refractivity contribution in [3.8, 4) is 0 Å².